The van der Waals surface area contributed by atoms with Crippen molar-refractivity contribution in [1.82, 2.24) is 25.1 Å². The molecular formula is C17H14N6O3. The molecule has 1 aromatic carbocycles. The molecule has 0 spiro atoms. The van der Waals surface area contributed by atoms with Gasteiger partial charge in [-0.25, -0.2) is 14.6 Å². The van der Waals surface area contributed by atoms with E-state index in [2.05, 4.69) is 20.4 Å². The van der Waals surface area contributed by atoms with E-state index in [0.717, 1.165) is 5.56 Å². The number of rotatable bonds is 6. The molecule has 26 heavy (non-hydrogen) atoms. The van der Waals surface area contributed by atoms with Gasteiger partial charge in [-0.05, 0) is 18.2 Å². The number of hydrogen-bond acceptors (Lipinski definition) is 6. The van der Waals surface area contributed by atoms with E-state index < -0.39 is 4.92 Å². The van der Waals surface area contributed by atoms with Gasteiger partial charge >= 0.3 is 0 Å². The van der Waals surface area contributed by atoms with E-state index in [0.29, 0.717) is 11.4 Å². The maximum Gasteiger partial charge on any atom is 0.276 e. The number of nitro groups is 1. The molecule has 0 fully saturated rings. The summed E-state index contributed by atoms with van der Waals surface area (Å²) in [5.41, 5.74) is 1.06. The highest BCUT2D eigenvalue weighted by Gasteiger charge is 2.10. The SMILES string of the molecule is O=C(/C=C/c1ccccc1[N+](=O)[O-])NCc1cccnc1-n1cncn1. The van der Waals surface area contributed by atoms with Gasteiger partial charge in [-0.15, -0.1) is 0 Å². The minimum Gasteiger partial charge on any atom is -0.348 e. The van der Waals surface area contributed by atoms with Gasteiger partial charge in [-0.2, -0.15) is 5.10 Å². The summed E-state index contributed by atoms with van der Waals surface area (Å²) in [6.07, 6.45) is 7.20. The number of para-hydroxylation sites is 1. The van der Waals surface area contributed by atoms with Gasteiger partial charge in [-0.3, -0.25) is 14.9 Å². The number of pyridine rings is 1. The fourth-order valence-electron chi connectivity index (χ4n) is 2.29. The number of aromatic nitrogens is 4. The van der Waals surface area contributed by atoms with E-state index in [9.17, 15) is 14.9 Å². The Bertz CT molecular complexity index is 953. The molecule has 1 amide bonds. The number of hydrogen-bond donors (Lipinski definition) is 1. The Hall–Kier alpha value is -3.88. The molecule has 0 aliphatic heterocycles. The van der Waals surface area contributed by atoms with Gasteiger partial charge in [0.2, 0.25) is 5.91 Å². The summed E-state index contributed by atoms with van der Waals surface area (Å²) in [6, 6.07) is 9.78. The lowest BCUT2D eigenvalue weighted by molar-refractivity contribution is -0.385. The molecule has 0 aliphatic carbocycles. The molecule has 3 rings (SSSR count). The van der Waals surface area contributed by atoms with Gasteiger partial charge < -0.3 is 5.32 Å². The molecule has 0 bridgehead atoms. The van der Waals surface area contributed by atoms with E-state index in [4.69, 9.17) is 0 Å². The van der Waals surface area contributed by atoms with Crippen LogP contribution >= 0.6 is 0 Å². The molecule has 0 unspecified atom stereocenters. The van der Waals surface area contributed by atoms with Crippen molar-refractivity contribution in [2.45, 2.75) is 6.54 Å². The maximum absolute atomic E-state index is 12.0. The molecule has 0 aliphatic rings. The summed E-state index contributed by atoms with van der Waals surface area (Å²) in [5, 5.41) is 17.7. The Kier molecular flexibility index (Phi) is 5.08. The van der Waals surface area contributed by atoms with E-state index >= 15 is 0 Å². The summed E-state index contributed by atoms with van der Waals surface area (Å²) < 4.78 is 1.50. The average molecular weight is 350 g/mol. The Morgan fingerprint density at radius 2 is 2.12 bits per heavy atom. The van der Waals surface area contributed by atoms with Crippen LogP contribution in [0.1, 0.15) is 11.1 Å². The highest BCUT2D eigenvalue weighted by molar-refractivity contribution is 5.92. The molecular weight excluding hydrogens is 336 g/mol. The van der Waals surface area contributed by atoms with Crippen molar-refractivity contribution >= 4 is 17.7 Å². The molecule has 0 atom stereocenters. The van der Waals surface area contributed by atoms with Gasteiger partial charge in [0, 0.05) is 30.4 Å². The molecule has 2 aromatic heterocycles. The van der Waals surface area contributed by atoms with Crippen LogP contribution in [0.3, 0.4) is 0 Å². The number of benzene rings is 1. The zero-order chi connectivity index (χ0) is 18.4. The van der Waals surface area contributed by atoms with Crippen molar-refractivity contribution in [1.29, 1.82) is 0 Å². The highest BCUT2D eigenvalue weighted by Crippen LogP contribution is 2.18. The third-order valence-electron chi connectivity index (χ3n) is 3.50. The van der Waals surface area contributed by atoms with Gasteiger partial charge in [0.05, 0.1) is 10.5 Å². The fourth-order valence-corrected chi connectivity index (χ4v) is 2.29. The summed E-state index contributed by atoms with van der Waals surface area (Å²) in [5.74, 6) is 0.185. The largest absolute Gasteiger partial charge is 0.348 e. The first-order valence-electron chi connectivity index (χ1n) is 7.63. The first-order valence-corrected chi connectivity index (χ1v) is 7.63. The predicted octanol–water partition coefficient (Wildman–Crippen LogP) is 1.90. The van der Waals surface area contributed by atoms with Crippen molar-refractivity contribution in [2.75, 3.05) is 0 Å². The van der Waals surface area contributed by atoms with Crippen LogP contribution in [0.25, 0.3) is 11.9 Å². The summed E-state index contributed by atoms with van der Waals surface area (Å²) in [7, 11) is 0. The number of nitrogens with zero attached hydrogens (tertiary/aromatic N) is 5. The Morgan fingerprint density at radius 3 is 2.88 bits per heavy atom. The molecule has 3 aromatic rings. The summed E-state index contributed by atoms with van der Waals surface area (Å²) >= 11 is 0. The lowest BCUT2D eigenvalue weighted by Gasteiger charge is -2.08. The smallest absolute Gasteiger partial charge is 0.276 e. The Balaban J connectivity index is 1.68. The van der Waals surface area contributed by atoms with E-state index in [1.165, 1.54) is 35.6 Å². The second-order valence-corrected chi connectivity index (χ2v) is 5.19. The normalized spacial score (nSPS) is 10.8. The molecule has 2 heterocycles. The first-order chi connectivity index (χ1) is 12.6. The molecule has 9 nitrogen and oxygen atoms in total. The lowest BCUT2D eigenvalue weighted by Crippen LogP contribution is -2.21. The van der Waals surface area contributed by atoms with Crippen molar-refractivity contribution in [2.24, 2.45) is 0 Å². The second kappa shape index (κ2) is 7.79. The van der Waals surface area contributed by atoms with Gasteiger partial charge in [0.15, 0.2) is 5.82 Å². The zero-order valence-electron chi connectivity index (χ0n) is 13.5. The Labute approximate surface area is 148 Å². The van der Waals surface area contributed by atoms with Crippen LogP contribution < -0.4 is 5.32 Å². The maximum atomic E-state index is 12.0. The van der Waals surface area contributed by atoms with Crippen LogP contribution in [-0.2, 0) is 11.3 Å². The number of carbonyl (C=O) groups is 1. The van der Waals surface area contributed by atoms with Crippen LogP contribution in [0.15, 0.2) is 61.3 Å². The summed E-state index contributed by atoms with van der Waals surface area (Å²) in [4.78, 5) is 30.7. The number of nitro benzene ring substituents is 1. The summed E-state index contributed by atoms with van der Waals surface area (Å²) in [6.45, 7) is 0.225. The quantitative estimate of drug-likeness (QED) is 0.412. The third-order valence-corrected chi connectivity index (χ3v) is 3.50. The van der Waals surface area contributed by atoms with Crippen molar-refractivity contribution in [3.05, 3.63) is 82.6 Å². The molecule has 9 heteroatoms. The van der Waals surface area contributed by atoms with E-state index in [1.54, 1.807) is 30.5 Å². The van der Waals surface area contributed by atoms with Crippen LogP contribution in [0.2, 0.25) is 0 Å². The molecule has 0 saturated heterocycles. The van der Waals surface area contributed by atoms with Crippen molar-refractivity contribution in [3.63, 3.8) is 0 Å². The lowest BCUT2D eigenvalue weighted by atomic mass is 10.1. The van der Waals surface area contributed by atoms with Crippen LogP contribution in [0, 0.1) is 10.1 Å². The predicted molar refractivity (Wildman–Crippen MR) is 93.1 cm³/mol. The average Bonchev–Trinajstić information content (AvgIpc) is 3.19. The van der Waals surface area contributed by atoms with Crippen LogP contribution in [0.4, 0.5) is 5.69 Å². The monoisotopic (exact) mass is 350 g/mol. The van der Waals surface area contributed by atoms with Crippen molar-refractivity contribution < 1.29 is 9.72 Å². The standard InChI is InChI=1S/C17H14N6O3/c24-16(8-7-13-4-1-2-6-15(13)23(25)26)20-10-14-5-3-9-19-17(14)22-12-18-11-21-22/h1-9,11-12H,10H2,(H,20,24)/b8-7+. The molecule has 1 N–H and O–H groups in total. The number of amides is 1. The second-order valence-electron chi connectivity index (χ2n) is 5.19. The van der Waals surface area contributed by atoms with Crippen molar-refractivity contribution in [3.8, 4) is 5.82 Å². The van der Waals surface area contributed by atoms with E-state index in [-0.39, 0.29) is 18.1 Å². The zero-order valence-corrected chi connectivity index (χ0v) is 13.5. The fraction of sp³-hybridized carbons (Fsp3) is 0.0588. The molecule has 0 radical (unpaired) electrons. The number of carbonyl (C=O) groups excluding carboxylic acids is 1. The van der Waals surface area contributed by atoms with Crippen LogP contribution in [-0.4, -0.2) is 30.6 Å². The highest BCUT2D eigenvalue weighted by atomic mass is 16.6. The number of nitrogens with one attached hydrogen (secondary N) is 1. The minimum absolute atomic E-state index is 0.0581. The van der Waals surface area contributed by atoms with Crippen LogP contribution in [0.5, 0.6) is 0 Å². The van der Waals surface area contributed by atoms with Gasteiger partial charge in [0.25, 0.3) is 5.69 Å². The first kappa shape index (κ1) is 17.0. The van der Waals surface area contributed by atoms with Gasteiger partial charge in [0.1, 0.15) is 12.7 Å². The third kappa shape index (κ3) is 3.96. The molecule has 0 saturated carbocycles. The Morgan fingerprint density at radius 1 is 1.27 bits per heavy atom. The molecule has 130 valence electrons. The van der Waals surface area contributed by atoms with Gasteiger partial charge in [-0.1, -0.05) is 18.2 Å². The van der Waals surface area contributed by atoms with E-state index in [1.807, 2.05) is 6.07 Å². The minimum atomic E-state index is -0.488. The topological polar surface area (TPSA) is 116 Å².